The molecule has 22 heavy (non-hydrogen) atoms. The van der Waals surface area contributed by atoms with Gasteiger partial charge in [-0.3, -0.25) is 9.89 Å². The van der Waals surface area contributed by atoms with E-state index in [0.717, 1.165) is 5.56 Å². The van der Waals surface area contributed by atoms with Gasteiger partial charge in [-0.2, -0.15) is 4.98 Å². The van der Waals surface area contributed by atoms with Crippen LogP contribution in [0.5, 0.6) is 0 Å². The highest BCUT2D eigenvalue weighted by Crippen LogP contribution is 2.10. The summed E-state index contributed by atoms with van der Waals surface area (Å²) in [5, 5.41) is 11.4. The molecule has 9 nitrogen and oxygen atoms in total. The number of aromatic amines is 1. The number of nitrogen functional groups attached to an aromatic ring is 1. The molecule has 0 aliphatic rings. The number of nitrogens with one attached hydrogen (secondary N) is 3. The average molecular weight is 303 g/mol. The maximum absolute atomic E-state index is 11.8. The number of H-pyrrole nitrogens is 1. The minimum Gasteiger partial charge on any atom is -0.366 e. The third kappa shape index (κ3) is 3.95. The fraction of sp³-hybridized carbons (Fsp3) is 0.231. The Labute approximate surface area is 126 Å². The highest BCUT2D eigenvalue weighted by molar-refractivity contribution is 6.01. The van der Waals surface area contributed by atoms with Gasteiger partial charge in [0.05, 0.1) is 0 Å². The van der Waals surface area contributed by atoms with Crippen LogP contribution in [0.4, 0.5) is 16.4 Å². The summed E-state index contributed by atoms with van der Waals surface area (Å²) in [4.78, 5) is 28.5. The van der Waals surface area contributed by atoms with Gasteiger partial charge in [0.1, 0.15) is 0 Å². The van der Waals surface area contributed by atoms with Gasteiger partial charge in [0.25, 0.3) is 5.91 Å². The summed E-state index contributed by atoms with van der Waals surface area (Å²) in [6, 6.07) is 6.91. The molecule has 0 spiro atoms. The van der Waals surface area contributed by atoms with Crippen molar-refractivity contribution in [3.63, 3.8) is 0 Å². The lowest BCUT2D eigenvalue weighted by Crippen LogP contribution is -2.33. The second-order valence-corrected chi connectivity index (χ2v) is 4.75. The summed E-state index contributed by atoms with van der Waals surface area (Å²) in [6.07, 6.45) is 0. The number of benzene rings is 1. The number of nitrogens with zero attached hydrogens (tertiary/aromatic N) is 3. The number of carbonyl (C=O) groups excluding carboxylic acids is 2. The lowest BCUT2D eigenvalue weighted by Gasteiger charge is -2.12. The normalized spacial score (nSPS) is 10.1. The summed E-state index contributed by atoms with van der Waals surface area (Å²) >= 11 is 0. The van der Waals surface area contributed by atoms with E-state index in [1.54, 1.807) is 38.4 Å². The van der Waals surface area contributed by atoms with Gasteiger partial charge >= 0.3 is 6.03 Å². The average Bonchev–Trinajstić information content (AvgIpc) is 2.92. The van der Waals surface area contributed by atoms with Crippen LogP contribution in [0, 0.1) is 0 Å². The van der Waals surface area contributed by atoms with Crippen molar-refractivity contribution in [2.75, 3.05) is 25.1 Å². The molecule has 1 heterocycles. The van der Waals surface area contributed by atoms with Gasteiger partial charge in [0, 0.05) is 26.3 Å². The van der Waals surface area contributed by atoms with Crippen molar-refractivity contribution in [3.05, 3.63) is 35.7 Å². The molecule has 2 rings (SSSR count). The van der Waals surface area contributed by atoms with E-state index in [1.165, 1.54) is 4.90 Å². The molecular formula is C13H17N7O2. The molecule has 0 unspecified atom stereocenters. The Bertz CT molecular complexity index is 663. The fourth-order valence-electron chi connectivity index (χ4n) is 1.61. The van der Waals surface area contributed by atoms with Gasteiger partial charge in [-0.05, 0) is 17.7 Å². The molecule has 5 N–H and O–H groups in total. The largest absolute Gasteiger partial charge is 0.366 e. The van der Waals surface area contributed by atoms with Crippen LogP contribution >= 0.6 is 0 Å². The molecule has 2 aromatic rings. The van der Waals surface area contributed by atoms with Gasteiger partial charge in [0.2, 0.25) is 11.8 Å². The van der Waals surface area contributed by atoms with E-state index in [1.807, 2.05) is 0 Å². The first kappa shape index (κ1) is 15.3. The maximum atomic E-state index is 11.8. The predicted molar refractivity (Wildman–Crippen MR) is 81.1 cm³/mol. The zero-order valence-corrected chi connectivity index (χ0v) is 12.3. The van der Waals surface area contributed by atoms with Crippen molar-refractivity contribution >= 4 is 23.6 Å². The first-order valence-corrected chi connectivity index (χ1v) is 6.49. The molecular weight excluding hydrogens is 286 g/mol. The highest BCUT2D eigenvalue weighted by atomic mass is 16.2. The number of anilines is 2. The third-order valence-corrected chi connectivity index (χ3v) is 2.78. The Balaban J connectivity index is 1.91. The Kier molecular flexibility index (Phi) is 4.57. The summed E-state index contributed by atoms with van der Waals surface area (Å²) in [5.41, 5.74) is 6.85. The van der Waals surface area contributed by atoms with E-state index in [9.17, 15) is 9.59 Å². The molecule has 0 atom stereocenters. The standard InChI is InChI=1S/C13H17N7O2/c1-20(2)13(22)15-7-8-3-5-9(6-4-8)16-11(21)10-17-12(14)19-18-10/h3-6H,7H2,1-2H3,(H,15,22)(H,16,21)(H3,14,17,18,19). The minimum atomic E-state index is -0.433. The Morgan fingerprint density at radius 3 is 2.50 bits per heavy atom. The monoisotopic (exact) mass is 303 g/mol. The minimum absolute atomic E-state index is 0.0112. The van der Waals surface area contributed by atoms with E-state index >= 15 is 0 Å². The van der Waals surface area contributed by atoms with Gasteiger partial charge in [-0.25, -0.2) is 4.79 Å². The van der Waals surface area contributed by atoms with Crippen molar-refractivity contribution in [3.8, 4) is 0 Å². The molecule has 0 aliphatic heterocycles. The van der Waals surface area contributed by atoms with Crippen molar-refractivity contribution in [1.82, 2.24) is 25.4 Å². The van der Waals surface area contributed by atoms with Gasteiger partial charge in [-0.15, -0.1) is 5.10 Å². The van der Waals surface area contributed by atoms with Crippen LogP contribution in [0.1, 0.15) is 16.2 Å². The van der Waals surface area contributed by atoms with E-state index < -0.39 is 5.91 Å². The quantitative estimate of drug-likeness (QED) is 0.650. The summed E-state index contributed by atoms with van der Waals surface area (Å²) in [5.74, 6) is -0.380. The highest BCUT2D eigenvalue weighted by Gasteiger charge is 2.10. The SMILES string of the molecule is CN(C)C(=O)NCc1ccc(NC(=O)c2nc(N)n[nH]2)cc1. The maximum Gasteiger partial charge on any atom is 0.317 e. The van der Waals surface area contributed by atoms with Gasteiger partial charge in [-0.1, -0.05) is 12.1 Å². The molecule has 1 aromatic heterocycles. The lowest BCUT2D eigenvalue weighted by molar-refractivity contribution is 0.101. The number of rotatable bonds is 4. The van der Waals surface area contributed by atoms with Crippen LogP contribution in [-0.2, 0) is 6.54 Å². The first-order chi connectivity index (χ1) is 10.5. The zero-order chi connectivity index (χ0) is 16.1. The Morgan fingerprint density at radius 2 is 1.95 bits per heavy atom. The predicted octanol–water partition coefficient (Wildman–Crippen LogP) is 0.410. The molecule has 116 valence electrons. The Morgan fingerprint density at radius 1 is 1.27 bits per heavy atom. The molecule has 0 bridgehead atoms. The first-order valence-electron chi connectivity index (χ1n) is 6.49. The van der Waals surface area contributed by atoms with E-state index in [0.29, 0.717) is 12.2 Å². The second-order valence-electron chi connectivity index (χ2n) is 4.75. The summed E-state index contributed by atoms with van der Waals surface area (Å²) < 4.78 is 0. The Hall–Kier alpha value is -3.10. The van der Waals surface area contributed by atoms with Crippen molar-refractivity contribution in [2.24, 2.45) is 0 Å². The topological polar surface area (TPSA) is 129 Å². The fourth-order valence-corrected chi connectivity index (χ4v) is 1.61. The molecule has 1 aromatic carbocycles. The van der Waals surface area contributed by atoms with Crippen molar-refractivity contribution in [2.45, 2.75) is 6.54 Å². The number of nitrogens with two attached hydrogens (primary N) is 1. The molecule has 0 saturated heterocycles. The zero-order valence-electron chi connectivity index (χ0n) is 12.3. The van der Waals surface area contributed by atoms with Crippen LogP contribution in [0.3, 0.4) is 0 Å². The van der Waals surface area contributed by atoms with Crippen LogP contribution in [0.25, 0.3) is 0 Å². The number of urea groups is 1. The molecule has 0 fully saturated rings. The molecule has 9 heteroatoms. The molecule has 3 amide bonds. The van der Waals surface area contributed by atoms with Crippen LogP contribution in [-0.4, -0.2) is 46.1 Å². The lowest BCUT2D eigenvalue weighted by atomic mass is 10.2. The van der Waals surface area contributed by atoms with Crippen molar-refractivity contribution < 1.29 is 9.59 Å². The summed E-state index contributed by atoms with van der Waals surface area (Å²) in [7, 11) is 3.34. The van der Waals surface area contributed by atoms with Gasteiger partial charge < -0.3 is 21.3 Å². The van der Waals surface area contributed by atoms with E-state index in [2.05, 4.69) is 25.8 Å². The number of amides is 3. The van der Waals surface area contributed by atoms with Crippen LogP contribution in [0.15, 0.2) is 24.3 Å². The van der Waals surface area contributed by atoms with E-state index in [-0.39, 0.29) is 17.8 Å². The number of hydrogen-bond donors (Lipinski definition) is 4. The second kappa shape index (κ2) is 6.57. The number of aromatic nitrogens is 3. The third-order valence-electron chi connectivity index (χ3n) is 2.78. The summed E-state index contributed by atoms with van der Waals surface area (Å²) in [6.45, 7) is 0.407. The van der Waals surface area contributed by atoms with Crippen LogP contribution in [0.2, 0.25) is 0 Å². The molecule has 0 saturated carbocycles. The molecule has 0 radical (unpaired) electrons. The van der Waals surface area contributed by atoms with Crippen LogP contribution < -0.4 is 16.4 Å². The smallest absolute Gasteiger partial charge is 0.317 e. The van der Waals surface area contributed by atoms with Gasteiger partial charge in [0.15, 0.2) is 0 Å². The molecule has 0 aliphatic carbocycles. The number of carbonyl (C=O) groups is 2. The van der Waals surface area contributed by atoms with E-state index in [4.69, 9.17) is 5.73 Å². The van der Waals surface area contributed by atoms with Crippen molar-refractivity contribution in [1.29, 1.82) is 0 Å². The number of hydrogen-bond acceptors (Lipinski definition) is 5.